The van der Waals surface area contributed by atoms with Crippen molar-refractivity contribution in [3.63, 3.8) is 0 Å². The summed E-state index contributed by atoms with van der Waals surface area (Å²) in [7, 11) is 0. The molecule has 6 heteroatoms. The zero-order valence-electron chi connectivity index (χ0n) is 13.5. The van der Waals surface area contributed by atoms with Gasteiger partial charge in [0.2, 0.25) is 0 Å². The Hall–Kier alpha value is -2.63. The minimum atomic E-state index is -0.359. The summed E-state index contributed by atoms with van der Waals surface area (Å²) < 4.78 is 10.1. The van der Waals surface area contributed by atoms with Gasteiger partial charge in [0.1, 0.15) is 11.3 Å². The van der Waals surface area contributed by atoms with Gasteiger partial charge in [-0.15, -0.1) is 0 Å². The molecule has 2 aromatic rings. The molecule has 0 saturated heterocycles. The third-order valence-electron chi connectivity index (χ3n) is 3.37. The van der Waals surface area contributed by atoms with Gasteiger partial charge in [-0.3, -0.25) is 4.79 Å². The Kier molecular flexibility index (Phi) is 5.51. The predicted octanol–water partition coefficient (Wildman–Crippen LogP) is 3.50. The van der Waals surface area contributed by atoms with E-state index < -0.39 is 0 Å². The number of benzene rings is 1. The number of amides is 1. The summed E-state index contributed by atoms with van der Waals surface area (Å²) in [6, 6.07) is 6.56. The number of rotatable bonds is 6. The number of hydrogen-bond donors (Lipinski definition) is 1. The van der Waals surface area contributed by atoms with Crippen LogP contribution in [-0.4, -0.2) is 23.6 Å². The van der Waals surface area contributed by atoms with E-state index in [-0.39, 0.29) is 11.9 Å². The zero-order valence-corrected chi connectivity index (χ0v) is 13.5. The lowest BCUT2D eigenvalue weighted by Crippen LogP contribution is -2.14. The van der Waals surface area contributed by atoms with Gasteiger partial charge in [0.15, 0.2) is 0 Å². The first-order valence-electron chi connectivity index (χ1n) is 7.54. The second-order valence-electron chi connectivity index (χ2n) is 5.22. The topological polar surface area (TPSA) is 81.4 Å². The number of aromatic nitrogens is 1. The maximum absolute atomic E-state index is 12.2. The van der Waals surface area contributed by atoms with E-state index in [4.69, 9.17) is 9.26 Å². The summed E-state index contributed by atoms with van der Waals surface area (Å²) in [5.74, 6) is -0.183. The summed E-state index contributed by atoms with van der Waals surface area (Å²) in [6.45, 7) is 5.84. The van der Waals surface area contributed by atoms with Crippen LogP contribution >= 0.6 is 0 Å². The smallest absolute Gasteiger partial charge is 0.338 e. The van der Waals surface area contributed by atoms with Gasteiger partial charge >= 0.3 is 5.97 Å². The van der Waals surface area contributed by atoms with Crippen molar-refractivity contribution in [1.82, 2.24) is 5.16 Å². The molecule has 1 amide bonds. The molecule has 0 radical (unpaired) electrons. The second kappa shape index (κ2) is 7.58. The molecule has 0 spiro atoms. The SMILES string of the molecule is CCCCOC(=O)c1ccc(NC(=O)c2c(C)noc2C)cc1. The maximum atomic E-state index is 12.2. The maximum Gasteiger partial charge on any atom is 0.338 e. The van der Waals surface area contributed by atoms with Crippen LogP contribution in [0, 0.1) is 13.8 Å². The number of anilines is 1. The summed E-state index contributed by atoms with van der Waals surface area (Å²) in [4.78, 5) is 24.0. The number of carbonyl (C=O) groups is 2. The third kappa shape index (κ3) is 4.18. The molecular weight excluding hydrogens is 296 g/mol. The zero-order chi connectivity index (χ0) is 16.8. The van der Waals surface area contributed by atoms with Crippen LogP contribution in [-0.2, 0) is 4.74 Å². The first-order chi connectivity index (χ1) is 11.0. The molecule has 0 bridgehead atoms. The van der Waals surface area contributed by atoms with Crippen molar-refractivity contribution in [2.45, 2.75) is 33.6 Å². The van der Waals surface area contributed by atoms with Gasteiger partial charge in [-0.1, -0.05) is 18.5 Å². The van der Waals surface area contributed by atoms with Crippen LogP contribution in [0.15, 0.2) is 28.8 Å². The monoisotopic (exact) mass is 316 g/mol. The molecular formula is C17H20N2O4. The van der Waals surface area contributed by atoms with Gasteiger partial charge in [0, 0.05) is 5.69 Å². The summed E-state index contributed by atoms with van der Waals surface area (Å²) in [5, 5.41) is 6.51. The highest BCUT2D eigenvalue weighted by Crippen LogP contribution is 2.16. The first kappa shape index (κ1) is 16.7. The molecule has 0 aliphatic heterocycles. The van der Waals surface area contributed by atoms with Crippen LogP contribution in [0.5, 0.6) is 0 Å². The largest absolute Gasteiger partial charge is 0.462 e. The molecule has 0 saturated carbocycles. The Labute approximate surface area is 134 Å². The van der Waals surface area contributed by atoms with E-state index in [1.54, 1.807) is 38.1 Å². The lowest BCUT2D eigenvalue weighted by molar-refractivity contribution is 0.0499. The summed E-state index contributed by atoms with van der Waals surface area (Å²) >= 11 is 0. The Morgan fingerprint density at radius 2 is 1.91 bits per heavy atom. The summed E-state index contributed by atoms with van der Waals surface area (Å²) in [5.41, 5.74) is 2.00. The predicted molar refractivity (Wildman–Crippen MR) is 85.6 cm³/mol. The van der Waals surface area contributed by atoms with Crippen molar-refractivity contribution >= 4 is 17.6 Å². The summed E-state index contributed by atoms with van der Waals surface area (Å²) in [6.07, 6.45) is 1.82. The van der Waals surface area contributed by atoms with Gasteiger partial charge in [-0.05, 0) is 44.5 Å². The fourth-order valence-electron chi connectivity index (χ4n) is 2.08. The van der Waals surface area contributed by atoms with E-state index in [9.17, 15) is 9.59 Å². The highest BCUT2D eigenvalue weighted by atomic mass is 16.5. The molecule has 1 aromatic heterocycles. The molecule has 6 nitrogen and oxygen atoms in total. The third-order valence-corrected chi connectivity index (χ3v) is 3.37. The first-order valence-corrected chi connectivity index (χ1v) is 7.54. The molecule has 0 atom stereocenters. The molecule has 0 aliphatic rings. The van der Waals surface area contributed by atoms with E-state index >= 15 is 0 Å². The fourth-order valence-corrected chi connectivity index (χ4v) is 2.08. The van der Waals surface area contributed by atoms with E-state index in [1.807, 2.05) is 6.92 Å². The minimum Gasteiger partial charge on any atom is -0.462 e. The van der Waals surface area contributed by atoms with Gasteiger partial charge in [-0.2, -0.15) is 0 Å². The molecule has 23 heavy (non-hydrogen) atoms. The van der Waals surface area contributed by atoms with E-state index in [0.717, 1.165) is 12.8 Å². The number of nitrogens with one attached hydrogen (secondary N) is 1. The van der Waals surface area contributed by atoms with Crippen LogP contribution < -0.4 is 5.32 Å². The van der Waals surface area contributed by atoms with E-state index in [1.165, 1.54) is 0 Å². The fraction of sp³-hybridized carbons (Fsp3) is 0.353. The van der Waals surface area contributed by atoms with Gasteiger partial charge in [0.25, 0.3) is 5.91 Å². The molecule has 2 rings (SSSR count). The minimum absolute atomic E-state index is 0.292. The van der Waals surface area contributed by atoms with Crippen molar-refractivity contribution in [2.24, 2.45) is 0 Å². The van der Waals surface area contributed by atoms with Crippen molar-refractivity contribution in [1.29, 1.82) is 0 Å². The number of esters is 1. The van der Waals surface area contributed by atoms with Crippen LogP contribution in [0.2, 0.25) is 0 Å². The molecule has 0 unspecified atom stereocenters. The molecule has 1 heterocycles. The molecule has 0 aliphatic carbocycles. The number of hydrogen-bond acceptors (Lipinski definition) is 5. The average Bonchev–Trinajstić information content (AvgIpc) is 2.87. The number of aryl methyl sites for hydroxylation is 2. The normalized spacial score (nSPS) is 10.4. The average molecular weight is 316 g/mol. The Balaban J connectivity index is 2.00. The standard InChI is InChI=1S/C17H20N2O4/c1-4-5-10-22-17(21)13-6-8-14(9-7-13)18-16(20)15-11(2)19-23-12(15)3/h6-9H,4-5,10H2,1-3H3,(H,18,20). The van der Waals surface area contributed by atoms with E-state index in [2.05, 4.69) is 10.5 Å². The van der Waals surface area contributed by atoms with Crippen molar-refractivity contribution in [3.05, 3.63) is 46.8 Å². The van der Waals surface area contributed by atoms with Gasteiger partial charge in [-0.25, -0.2) is 4.79 Å². The Morgan fingerprint density at radius 1 is 1.22 bits per heavy atom. The van der Waals surface area contributed by atoms with Crippen LogP contribution in [0.4, 0.5) is 5.69 Å². The highest BCUT2D eigenvalue weighted by molar-refractivity contribution is 6.05. The van der Waals surface area contributed by atoms with Crippen molar-refractivity contribution < 1.29 is 18.8 Å². The Bertz CT molecular complexity index is 670. The van der Waals surface area contributed by atoms with Gasteiger partial charge < -0.3 is 14.6 Å². The number of unbranched alkanes of at least 4 members (excludes halogenated alkanes) is 1. The Morgan fingerprint density at radius 3 is 2.48 bits per heavy atom. The quantitative estimate of drug-likeness (QED) is 0.651. The number of nitrogens with zero attached hydrogens (tertiary/aromatic N) is 1. The highest BCUT2D eigenvalue weighted by Gasteiger charge is 2.17. The lowest BCUT2D eigenvalue weighted by atomic mass is 10.1. The molecule has 122 valence electrons. The lowest BCUT2D eigenvalue weighted by Gasteiger charge is -2.07. The molecule has 1 aromatic carbocycles. The van der Waals surface area contributed by atoms with Crippen molar-refractivity contribution in [3.8, 4) is 0 Å². The van der Waals surface area contributed by atoms with Crippen LogP contribution in [0.25, 0.3) is 0 Å². The van der Waals surface area contributed by atoms with E-state index in [0.29, 0.717) is 34.9 Å². The van der Waals surface area contributed by atoms with Gasteiger partial charge in [0.05, 0.1) is 17.9 Å². The van der Waals surface area contributed by atoms with Crippen molar-refractivity contribution in [2.75, 3.05) is 11.9 Å². The molecule has 0 fully saturated rings. The number of ether oxygens (including phenoxy) is 1. The number of carbonyl (C=O) groups excluding carboxylic acids is 2. The molecule has 1 N–H and O–H groups in total. The van der Waals surface area contributed by atoms with Crippen LogP contribution in [0.3, 0.4) is 0 Å². The van der Waals surface area contributed by atoms with Crippen LogP contribution in [0.1, 0.15) is 51.9 Å². The second-order valence-corrected chi connectivity index (χ2v) is 5.22.